The zero-order chi connectivity index (χ0) is 24.7. The van der Waals surface area contributed by atoms with Gasteiger partial charge >= 0.3 is 0 Å². The number of methoxy groups -OCH3 is 2. The van der Waals surface area contributed by atoms with Gasteiger partial charge in [-0.25, -0.2) is 0 Å². The smallest absolute Gasteiger partial charge is 0.257 e. The lowest BCUT2D eigenvalue weighted by Crippen LogP contribution is -2.52. The number of aliphatic hydroxyl groups is 1. The molecule has 3 unspecified atom stereocenters. The minimum absolute atomic E-state index is 0.131. The van der Waals surface area contributed by atoms with Crippen molar-refractivity contribution in [1.29, 1.82) is 0 Å². The molecule has 0 aliphatic carbocycles. The van der Waals surface area contributed by atoms with Crippen molar-refractivity contribution >= 4 is 17.7 Å². The molecule has 0 spiro atoms. The van der Waals surface area contributed by atoms with Crippen molar-refractivity contribution in [3.8, 4) is 11.5 Å². The number of carbonyl (C=O) groups excluding carboxylic acids is 1. The summed E-state index contributed by atoms with van der Waals surface area (Å²) in [5.74, 6) is -0.0257. The quantitative estimate of drug-likeness (QED) is 0.610. The SMILES string of the molecule is COc1ccc(C2(O)c3c(ccc(/C=C/C4(C)CCC(C)(C)CO4)c3O)NC(=O)C2OC)cc1. The number of rotatable bonds is 5. The molecule has 2 aromatic rings. The van der Waals surface area contributed by atoms with E-state index in [0.717, 1.165) is 12.8 Å². The normalized spacial score (nSPS) is 28.4. The van der Waals surface area contributed by atoms with Crippen molar-refractivity contribution in [3.63, 3.8) is 0 Å². The van der Waals surface area contributed by atoms with Crippen molar-refractivity contribution in [3.05, 3.63) is 59.2 Å². The summed E-state index contributed by atoms with van der Waals surface area (Å²) in [6.45, 7) is 7.06. The number of phenolic OH excluding ortho intramolecular Hbond substituents is 1. The molecule has 3 N–H and O–H groups in total. The van der Waals surface area contributed by atoms with Gasteiger partial charge in [-0.15, -0.1) is 0 Å². The minimum Gasteiger partial charge on any atom is -0.507 e. The number of hydrogen-bond donors (Lipinski definition) is 3. The summed E-state index contributed by atoms with van der Waals surface area (Å²) in [5, 5.41) is 26.1. The van der Waals surface area contributed by atoms with E-state index in [1.165, 1.54) is 7.11 Å². The largest absolute Gasteiger partial charge is 0.507 e. The van der Waals surface area contributed by atoms with Gasteiger partial charge in [-0.1, -0.05) is 38.1 Å². The summed E-state index contributed by atoms with van der Waals surface area (Å²) in [6, 6.07) is 10.1. The monoisotopic (exact) mass is 467 g/mol. The van der Waals surface area contributed by atoms with E-state index in [9.17, 15) is 15.0 Å². The maximum atomic E-state index is 12.8. The van der Waals surface area contributed by atoms with Gasteiger partial charge in [0, 0.05) is 12.7 Å². The second-order valence-electron chi connectivity index (χ2n) is 10.1. The first-order valence-electron chi connectivity index (χ1n) is 11.4. The summed E-state index contributed by atoms with van der Waals surface area (Å²) in [5.41, 5.74) is -0.808. The number of fused-ring (bicyclic) bond motifs is 1. The number of aromatic hydroxyl groups is 1. The Morgan fingerprint density at radius 3 is 2.38 bits per heavy atom. The Labute approximate surface area is 200 Å². The summed E-state index contributed by atoms with van der Waals surface area (Å²) < 4.78 is 16.8. The van der Waals surface area contributed by atoms with E-state index >= 15 is 0 Å². The maximum absolute atomic E-state index is 12.8. The Kier molecular flexibility index (Phi) is 6.23. The van der Waals surface area contributed by atoms with Gasteiger partial charge in [-0.05, 0) is 55.0 Å². The molecule has 2 aliphatic rings. The minimum atomic E-state index is -1.91. The number of phenols is 1. The molecule has 2 aromatic carbocycles. The summed E-state index contributed by atoms with van der Waals surface area (Å²) >= 11 is 0. The molecule has 0 aromatic heterocycles. The number of nitrogens with one attached hydrogen (secondary N) is 1. The molecule has 182 valence electrons. The molecule has 7 nitrogen and oxygen atoms in total. The van der Waals surface area contributed by atoms with Gasteiger partial charge in [-0.3, -0.25) is 4.79 Å². The number of anilines is 1. The van der Waals surface area contributed by atoms with Crippen molar-refractivity contribution in [1.82, 2.24) is 0 Å². The molecule has 1 fully saturated rings. The van der Waals surface area contributed by atoms with E-state index in [-0.39, 0.29) is 16.7 Å². The van der Waals surface area contributed by atoms with E-state index in [0.29, 0.717) is 29.2 Å². The number of hydrogen-bond acceptors (Lipinski definition) is 6. The lowest BCUT2D eigenvalue weighted by atomic mass is 9.76. The van der Waals surface area contributed by atoms with E-state index in [4.69, 9.17) is 14.2 Å². The topological polar surface area (TPSA) is 97.3 Å². The molecule has 3 atom stereocenters. The van der Waals surface area contributed by atoms with Gasteiger partial charge in [-0.2, -0.15) is 0 Å². The van der Waals surface area contributed by atoms with Crippen LogP contribution < -0.4 is 10.1 Å². The molecule has 2 heterocycles. The second-order valence-corrected chi connectivity index (χ2v) is 10.1. The molecule has 2 aliphatic heterocycles. The molecular formula is C27H33NO6. The lowest BCUT2D eigenvalue weighted by molar-refractivity contribution is -0.142. The van der Waals surface area contributed by atoms with Gasteiger partial charge in [0.05, 0.1) is 30.6 Å². The van der Waals surface area contributed by atoms with Gasteiger partial charge in [0.1, 0.15) is 11.5 Å². The molecule has 34 heavy (non-hydrogen) atoms. The maximum Gasteiger partial charge on any atom is 0.257 e. The van der Waals surface area contributed by atoms with Gasteiger partial charge < -0.3 is 29.7 Å². The highest BCUT2D eigenvalue weighted by Crippen LogP contribution is 2.48. The fraction of sp³-hybridized carbons (Fsp3) is 0.444. The molecule has 4 rings (SSSR count). The van der Waals surface area contributed by atoms with Crippen molar-refractivity contribution in [2.24, 2.45) is 5.41 Å². The fourth-order valence-corrected chi connectivity index (χ4v) is 4.66. The number of ether oxygens (including phenoxy) is 3. The first-order chi connectivity index (χ1) is 16.0. The van der Waals surface area contributed by atoms with E-state index in [1.54, 1.807) is 49.6 Å². The molecule has 1 saturated heterocycles. The predicted molar refractivity (Wildman–Crippen MR) is 130 cm³/mol. The Morgan fingerprint density at radius 2 is 1.79 bits per heavy atom. The zero-order valence-electron chi connectivity index (χ0n) is 20.3. The molecule has 1 amide bonds. The van der Waals surface area contributed by atoms with Crippen LogP contribution in [0.3, 0.4) is 0 Å². The Bertz CT molecular complexity index is 1100. The van der Waals surface area contributed by atoms with Crippen molar-refractivity contribution in [2.75, 3.05) is 26.1 Å². The standard InChI is InChI=1S/C27H33NO6/c1-25(2)14-15-26(3,34-16-25)13-12-17-6-11-20-21(22(17)29)27(31,23(33-5)24(30)28-20)18-7-9-19(32-4)10-8-18/h6-13,23,29,31H,14-16H2,1-5H3,(H,28,30)/b13-12+. The van der Waals surface area contributed by atoms with Crippen LogP contribution in [0.2, 0.25) is 0 Å². The van der Waals surface area contributed by atoms with Crippen LogP contribution in [0.15, 0.2) is 42.5 Å². The van der Waals surface area contributed by atoms with E-state index in [1.807, 2.05) is 13.0 Å². The van der Waals surface area contributed by atoms with Crippen LogP contribution in [-0.2, 0) is 19.9 Å². The van der Waals surface area contributed by atoms with E-state index < -0.39 is 23.2 Å². The third-order valence-electron chi connectivity index (χ3n) is 6.94. The first kappa shape index (κ1) is 24.3. The second kappa shape index (κ2) is 8.73. The Balaban J connectivity index is 1.78. The fourth-order valence-electron chi connectivity index (χ4n) is 4.66. The highest BCUT2D eigenvalue weighted by atomic mass is 16.5. The van der Waals surface area contributed by atoms with E-state index in [2.05, 4.69) is 19.2 Å². The lowest BCUT2D eigenvalue weighted by Gasteiger charge is -2.41. The van der Waals surface area contributed by atoms with Gasteiger partial charge in [0.15, 0.2) is 11.7 Å². The summed E-state index contributed by atoms with van der Waals surface area (Å²) in [7, 11) is 2.90. The van der Waals surface area contributed by atoms with Crippen LogP contribution in [0.5, 0.6) is 11.5 Å². The Morgan fingerprint density at radius 1 is 1.09 bits per heavy atom. The van der Waals surface area contributed by atoms with Crippen LogP contribution in [0, 0.1) is 5.41 Å². The Hall–Kier alpha value is -2.87. The third kappa shape index (κ3) is 4.19. The van der Waals surface area contributed by atoms with Crippen LogP contribution in [-0.4, -0.2) is 48.7 Å². The number of carbonyl (C=O) groups is 1. The van der Waals surface area contributed by atoms with Crippen LogP contribution in [0.1, 0.15) is 50.3 Å². The highest BCUT2D eigenvalue weighted by Gasteiger charge is 2.51. The van der Waals surface area contributed by atoms with Gasteiger partial charge in [0.2, 0.25) is 0 Å². The molecule has 0 radical (unpaired) electrons. The van der Waals surface area contributed by atoms with Crippen molar-refractivity contribution in [2.45, 2.75) is 50.9 Å². The number of amides is 1. The third-order valence-corrected chi connectivity index (χ3v) is 6.94. The average molecular weight is 468 g/mol. The highest BCUT2D eigenvalue weighted by molar-refractivity contribution is 6.00. The van der Waals surface area contributed by atoms with Crippen molar-refractivity contribution < 1.29 is 29.2 Å². The summed E-state index contributed by atoms with van der Waals surface area (Å²) in [4.78, 5) is 12.8. The van der Waals surface area contributed by atoms with Crippen LogP contribution in [0.4, 0.5) is 5.69 Å². The molecule has 7 heteroatoms. The zero-order valence-corrected chi connectivity index (χ0v) is 20.3. The molecular weight excluding hydrogens is 434 g/mol. The molecule has 0 saturated carbocycles. The summed E-state index contributed by atoms with van der Waals surface area (Å²) in [6.07, 6.45) is 4.38. The van der Waals surface area contributed by atoms with Gasteiger partial charge in [0.25, 0.3) is 5.91 Å². The number of benzene rings is 2. The van der Waals surface area contributed by atoms with Crippen LogP contribution >= 0.6 is 0 Å². The van der Waals surface area contributed by atoms with Crippen LogP contribution in [0.25, 0.3) is 6.08 Å². The molecule has 0 bridgehead atoms. The first-order valence-corrected chi connectivity index (χ1v) is 11.4. The average Bonchev–Trinajstić information content (AvgIpc) is 2.81. The predicted octanol–water partition coefficient (Wildman–Crippen LogP) is 4.21.